The van der Waals surface area contributed by atoms with Gasteiger partial charge in [0.05, 0.1) is 0 Å². The third kappa shape index (κ3) is 0.578. The number of hydrogen-bond acceptors (Lipinski definition) is 2. The van der Waals surface area contributed by atoms with E-state index in [-0.39, 0.29) is 0 Å². The SMILES string of the molecule is C#Cc1ncn[nH]1. The first-order chi connectivity index (χ1) is 3.43. The van der Waals surface area contributed by atoms with Gasteiger partial charge in [-0.1, -0.05) is 0 Å². The number of aromatic amines is 1. The van der Waals surface area contributed by atoms with E-state index in [1.54, 1.807) is 0 Å². The minimum Gasteiger partial charge on any atom is -0.253 e. The normalized spacial score (nSPS) is 7.86. The highest BCUT2D eigenvalue weighted by Crippen LogP contribution is 1.75. The predicted octanol–water partition coefficient (Wildman–Crippen LogP) is -0.214. The third-order valence-corrected chi connectivity index (χ3v) is 0.552. The number of aromatic nitrogens is 3. The zero-order valence-corrected chi connectivity index (χ0v) is 3.55. The lowest BCUT2D eigenvalue weighted by Crippen LogP contribution is -1.72. The summed E-state index contributed by atoms with van der Waals surface area (Å²) in [6.45, 7) is 0. The van der Waals surface area contributed by atoms with Gasteiger partial charge in [0.2, 0.25) is 0 Å². The molecule has 34 valence electrons. The van der Waals surface area contributed by atoms with Crippen LogP contribution in [0.2, 0.25) is 0 Å². The Morgan fingerprint density at radius 2 is 2.71 bits per heavy atom. The molecule has 0 fully saturated rings. The van der Waals surface area contributed by atoms with Gasteiger partial charge in [-0.15, -0.1) is 6.42 Å². The molecule has 7 heavy (non-hydrogen) atoms. The summed E-state index contributed by atoms with van der Waals surface area (Å²) in [4.78, 5) is 3.63. The van der Waals surface area contributed by atoms with E-state index in [0.29, 0.717) is 5.82 Å². The summed E-state index contributed by atoms with van der Waals surface area (Å²) in [7, 11) is 0. The highest BCUT2D eigenvalue weighted by Gasteiger charge is 1.80. The van der Waals surface area contributed by atoms with E-state index in [1.165, 1.54) is 6.33 Å². The van der Waals surface area contributed by atoms with Crippen molar-refractivity contribution in [1.82, 2.24) is 15.2 Å². The van der Waals surface area contributed by atoms with Crippen molar-refractivity contribution in [2.45, 2.75) is 0 Å². The molecule has 3 nitrogen and oxygen atoms in total. The third-order valence-electron chi connectivity index (χ3n) is 0.552. The summed E-state index contributed by atoms with van der Waals surface area (Å²) in [6.07, 6.45) is 6.28. The van der Waals surface area contributed by atoms with Gasteiger partial charge in [0.25, 0.3) is 0 Å². The van der Waals surface area contributed by atoms with Crippen LogP contribution in [-0.4, -0.2) is 15.2 Å². The fourth-order valence-corrected chi connectivity index (χ4v) is 0.275. The Morgan fingerprint density at radius 3 is 3.00 bits per heavy atom. The molecular weight excluding hydrogens is 90.1 g/mol. The van der Waals surface area contributed by atoms with Gasteiger partial charge in [0, 0.05) is 0 Å². The van der Waals surface area contributed by atoms with Crippen molar-refractivity contribution in [3.05, 3.63) is 12.2 Å². The van der Waals surface area contributed by atoms with E-state index >= 15 is 0 Å². The van der Waals surface area contributed by atoms with Gasteiger partial charge in [-0.2, -0.15) is 5.10 Å². The molecule has 0 bridgehead atoms. The summed E-state index contributed by atoms with van der Waals surface area (Å²) in [5.74, 6) is 2.75. The number of rotatable bonds is 0. The summed E-state index contributed by atoms with van der Waals surface area (Å²) in [5, 5.41) is 6.00. The van der Waals surface area contributed by atoms with Crippen LogP contribution >= 0.6 is 0 Å². The summed E-state index contributed by atoms with van der Waals surface area (Å²) < 4.78 is 0. The number of hydrogen-bond donors (Lipinski definition) is 1. The monoisotopic (exact) mass is 93.0 g/mol. The Bertz CT molecular complexity index is 169. The van der Waals surface area contributed by atoms with E-state index in [1.807, 2.05) is 0 Å². The molecule has 0 aliphatic rings. The van der Waals surface area contributed by atoms with Gasteiger partial charge >= 0.3 is 0 Å². The lowest BCUT2D eigenvalue weighted by Gasteiger charge is -1.66. The number of H-pyrrole nitrogens is 1. The summed E-state index contributed by atoms with van der Waals surface area (Å²) >= 11 is 0. The smallest absolute Gasteiger partial charge is 0.200 e. The van der Waals surface area contributed by atoms with Crippen molar-refractivity contribution in [1.29, 1.82) is 0 Å². The molecule has 0 saturated heterocycles. The molecule has 0 amide bonds. The van der Waals surface area contributed by atoms with E-state index in [0.717, 1.165) is 0 Å². The molecule has 3 heteroatoms. The van der Waals surface area contributed by atoms with Crippen LogP contribution in [0.25, 0.3) is 0 Å². The van der Waals surface area contributed by atoms with Gasteiger partial charge < -0.3 is 0 Å². The van der Waals surface area contributed by atoms with Gasteiger partial charge in [-0.05, 0) is 5.92 Å². The molecule has 1 heterocycles. The quantitative estimate of drug-likeness (QED) is 0.451. The molecule has 0 radical (unpaired) electrons. The van der Waals surface area contributed by atoms with E-state index in [2.05, 4.69) is 21.1 Å². The van der Waals surface area contributed by atoms with Crippen LogP contribution < -0.4 is 0 Å². The first kappa shape index (κ1) is 3.88. The molecule has 0 saturated carbocycles. The second kappa shape index (κ2) is 1.43. The van der Waals surface area contributed by atoms with E-state index < -0.39 is 0 Å². The standard InChI is InChI=1S/C4H3N3/c1-2-4-5-3-6-7-4/h1,3H,(H,5,6,7). The molecule has 1 aromatic heterocycles. The Kier molecular flexibility index (Phi) is 0.794. The van der Waals surface area contributed by atoms with Crippen LogP contribution in [0, 0.1) is 12.3 Å². The number of terminal acetylenes is 1. The fraction of sp³-hybridized carbons (Fsp3) is 0. The van der Waals surface area contributed by atoms with Crippen molar-refractivity contribution in [2.24, 2.45) is 0 Å². The van der Waals surface area contributed by atoms with Crippen LogP contribution in [0.3, 0.4) is 0 Å². The number of nitrogens with zero attached hydrogens (tertiary/aromatic N) is 2. The summed E-state index contributed by atoms with van der Waals surface area (Å²) in [5.41, 5.74) is 0. The van der Waals surface area contributed by atoms with E-state index in [4.69, 9.17) is 6.42 Å². The second-order valence-electron chi connectivity index (χ2n) is 0.978. The molecule has 1 N–H and O–H groups in total. The van der Waals surface area contributed by atoms with Crippen molar-refractivity contribution < 1.29 is 0 Å². The van der Waals surface area contributed by atoms with Gasteiger partial charge in [0.1, 0.15) is 6.33 Å². The lowest BCUT2D eigenvalue weighted by atomic mass is 10.7. The maximum absolute atomic E-state index is 4.91. The Hall–Kier alpha value is -1.30. The van der Waals surface area contributed by atoms with E-state index in [9.17, 15) is 0 Å². The minimum atomic E-state index is 0.472. The van der Waals surface area contributed by atoms with Crippen LogP contribution in [0.5, 0.6) is 0 Å². The Morgan fingerprint density at radius 1 is 1.86 bits per heavy atom. The van der Waals surface area contributed by atoms with Crippen molar-refractivity contribution >= 4 is 0 Å². The highest BCUT2D eigenvalue weighted by molar-refractivity contribution is 5.11. The van der Waals surface area contributed by atoms with Gasteiger partial charge in [-0.25, -0.2) is 4.98 Å². The molecule has 0 spiro atoms. The van der Waals surface area contributed by atoms with Crippen molar-refractivity contribution in [3.63, 3.8) is 0 Å². The van der Waals surface area contributed by atoms with Crippen molar-refractivity contribution in [2.75, 3.05) is 0 Å². The lowest BCUT2D eigenvalue weighted by molar-refractivity contribution is 1.08. The molecule has 1 aromatic rings. The topological polar surface area (TPSA) is 41.6 Å². The molecule has 0 unspecified atom stereocenters. The molecule has 0 atom stereocenters. The maximum atomic E-state index is 4.91. The summed E-state index contributed by atoms with van der Waals surface area (Å²) in [6, 6.07) is 0. The molecule has 0 aliphatic carbocycles. The molecule has 0 aliphatic heterocycles. The minimum absolute atomic E-state index is 0.472. The largest absolute Gasteiger partial charge is 0.253 e. The predicted molar refractivity (Wildman–Crippen MR) is 24.3 cm³/mol. The van der Waals surface area contributed by atoms with Crippen LogP contribution in [0.15, 0.2) is 6.33 Å². The molecule has 1 rings (SSSR count). The van der Waals surface area contributed by atoms with Gasteiger partial charge in [0.15, 0.2) is 5.82 Å². The fourth-order valence-electron chi connectivity index (χ4n) is 0.275. The molecule has 0 aromatic carbocycles. The highest BCUT2D eigenvalue weighted by atomic mass is 15.2. The first-order valence-corrected chi connectivity index (χ1v) is 1.75. The van der Waals surface area contributed by atoms with Crippen molar-refractivity contribution in [3.8, 4) is 12.3 Å². The van der Waals surface area contributed by atoms with Crippen LogP contribution in [0.1, 0.15) is 5.82 Å². The second-order valence-corrected chi connectivity index (χ2v) is 0.978. The molecular formula is C4H3N3. The van der Waals surface area contributed by atoms with Gasteiger partial charge in [-0.3, -0.25) is 5.10 Å². The maximum Gasteiger partial charge on any atom is 0.200 e. The Balaban J connectivity index is 3.04. The van der Waals surface area contributed by atoms with Crippen LogP contribution in [-0.2, 0) is 0 Å². The zero-order chi connectivity index (χ0) is 5.11. The first-order valence-electron chi connectivity index (χ1n) is 1.75. The Labute approximate surface area is 40.8 Å². The zero-order valence-electron chi connectivity index (χ0n) is 3.55. The average molecular weight is 93.1 g/mol. The average Bonchev–Trinajstić information content (AvgIpc) is 2.14. The number of nitrogens with one attached hydrogen (secondary N) is 1. The van der Waals surface area contributed by atoms with Crippen LogP contribution in [0.4, 0.5) is 0 Å².